The lowest BCUT2D eigenvalue weighted by atomic mass is 10.0. The zero-order chi connectivity index (χ0) is 13.5. The van der Waals surface area contributed by atoms with Crippen molar-refractivity contribution in [1.82, 2.24) is 0 Å². The normalized spacial score (nSPS) is 11.4. The maximum absolute atomic E-state index is 5.44. The van der Waals surface area contributed by atoms with E-state index in [1.165, 1.54) is 11.1 Å². The fourth-order valence-electron chi connectivity index (χ4n) is 1.93. The van der Waals surface area contributed by atoms with Gasteiger partial charge in [-0.05, 0) is 41.5 Å². The van der Waals surface area contributed by atoms with Gasteiger partial charge in [0.05, 0.1) is 6.54 Å². The van der Waals surface area contributed by atoms with Crippen molar-refractivity contribution in [3.8, 4) is 0 Å². The van der Waals surface area contributed by atoms with Crippen LogP contribution in [0.2, 0.25) is 0 Å². The van der Waals surface area contributed by atoms with Crippen LogP contribution in [-0.2, 0) is 6.54 Å². The van der Waals surface area contributed by atoms with Gasteiger partial charge in [0.1, 0.15) is 0 Å². The highest BCUT2D eigenvalue weighted by atomic mass is 14.7. The molecule has 0 amide bonds. The molecule has 0 aliphatic rings. The van der Waals surface area contributed by atoms with E-state index in [0.29, 0.717) is 6.54 Å². The van der Waals surface area contributed by atoms with Gasteiger partial charge in [0.15, 0.2) is 0 Å². The van der Waals surface area contributed by atoms with Crippen LogP contribution in [0.1, 0.15) is 22.3 Å². The van der Waals surface area contributed by atoms with E-state index in [4.69, 9.17) is 5.73 Å². The summed E-state index contributed by atoms with van der Waals surface area (Å²) in [6, 6.07) is 16.4. The lowest BCUT2D eigenvalue weighted by Gasteiger charge is -2.04. The highest BCUT2D eigenvalue weighted by molar-refractivity contribution is 5.83. The third kappa shape index (κ3) is 3.55. The SMILES string of the molecule is Cc1c(C=NCc2ccccc2)cccc1/C=C\N. The molecule has 0 spiro atoms. The van der Waals surface area contributed by atoms with Gasteiger partial charge in [0, 0.05) is 6.21 Å². The largest absolute Gasteiger partial charge is 0.405 e. The standard InChI is InChI=1S/C17H18N2/c1-14-16(10-11-18)8-5-9-17(14)13-19-12-15-6-3-2-4-7-15/h2-11,13H,12,18H2,1H3/b11-10-,19-13?. The van der Waals surface area contributed by atoms with Gasteiger partial charge >= 0.3 is 0 Å². The van der Waals surface area contributed by atoms with Gasteiger partial charge in [-0.1, -0.05) is 48.5 Å². The fourth-order valence-corrected chi connectivity index (χ4v) is 1.93. The lowest BCUT2D eigenvalue weighted by molar-refractivity contribution is 1.08. The van der Waals surface area contributed by atoms with Gasteiger partial charge in [0.2, 0.25) is 0 Å². The molecular formula is C17H18N2. The zero-order valence-corrected chi connectivity index (χ0v) is 11.1. The van der Waals surface area contributed by atoms with Crippen molar-refractivity contribution in [1.29, 1.82) is 0 Å². The van der Waals surface area contributed by atoms with E-state index in [-0.39, 0.29) is 0 Å². The highest BCUT2D eigenvalue weighted by Crippen LogP contribution is 2.13. The molecule has 0 saturated heterocycles. The summed E-state index contributed by atoms with van der Waals surface area (Å²) in [6.45, 7) is 2.79. The Labute approximate surface area is 114 Å². The Morgan fingerprint density at radius 3 is 2.47 bits per heavy atom. The third-order valence-corrected chi connectivity index (χ3v) is 3.04. The molecule has 0 atom stereocenters. The fraction of sp³-hybridized carbons (Fsp3) is 0.118. The molecule has 0 aromatic heterocycles. The number of hydrogen-bond acceptors (Lipinski definition) is 2. The molecule has 2 nitrogen and oxygen atoms in total. The van der Waals surface area contributed by atoms with E-state index in [2.05, 4.69) is 30.1 Å². The average molecular weight is 250 g/mol. The molecule has 19 heavy (non-hydrogen) atoms. The minimum absolute atomic E-state index is 0.706. The molecule has 0 heterocycles. The number of hydrogen-bond donors (Lipinski definition) is 1. The van der Waals surface area contributed by atoms with Gasteiger partial charge in [-0.15, -0.1) is 0 Å². The van der Waals surface area contributed by atoms with Crippen molar-refractivity contribution >= 4 is 12.3 Å². The van der Waals surface area contributed by atoms with Crippen molar-refractivity contribution in [3.05, 3.63) is 77.0 Å². The summed E-state index contributed by atoms with van der Waals surface area (Å²) >= 11 is 0. The van der Waals surface area contributed by atoms with Gasteiger partial charge in [-0.3, -0.25) is 4.99 Å². The van der Waals surface area contributed by atoms with Crippen molar-refractivity contribution in [2.75, 3.05) is 0 Å². The third-order valence-electron chi connectivity index (χ3n) is 3.04. The minimum atomic E-state index is 0.706. The molecule has 0 bridgehead atoms. The first kappa shape index (κ1) is 13.1. The number of rotatable bonds is 4. The van der Waals surface area contributed by atoms with Gasteiger partial charge in [-0.2, -0.15) is 0 Å². The Hall–Kier alpha value is -2.35. The summed E-state index contributed by atoms with van der Waals surface area (Å²) in [5, 5.41) is 0. The summed E-state index contributed by atoms with van der Waals surface area (Å²) in [4.78, 5) is 4.49. The van der Waals surface area contributed by atoms with Gasteiger partial charge in [0.25, 0.3) is 0 Å². The number of aliphatic imine (C=N–C) groups is 1. The molecule has 2 aromatic rings. The molecule has 0 unspecified atom stereocenters. The second-order valence-electron chi connectivity index (χ2n) is 4.38. The molecule has 0 aliphatic heterocycles. The summed E-state index contributed by atoms with van der Waals surface area (Å²) in [7, 11) is 0. The Morgan fingerprint density at radius 1 is 1.00 bits per heavy atom. The van der Waals surface area contributed by atoms with Gasteiger partial charge in [-0.25, -0.2) is 0 Å². The van der Waals surface area contributed by atoms with Crippen LogP contribution >= 0.6 is 0 Å². The maximum atomic E-state index is 5.44. The molecule has 2 N–H and O–H groups in total. The van der Waals surface area contributed by atoms with E-state index in [0.717, 1.165) is 11.1 Å². The van der Waals surface area contributed by atoms with Crippen LogP contribution in [0.25, 0.3) is 6.08 Å². The summed E-state index contributed by atoms with van der Waals surface area (Å²) in [6.07, 6.45) is 5.40. The first-order valence-corrected chi connectivity index (χ1v) is 6.33. The molecule has 0 radical (unpaired) electrons. The lowest BCUT2D eigenvalue weighted by Crippen LogP contribution is -1.92. The summed E-state index contributed by atoms with van der Waals surface area (Å²) in [5.41, 5.74) is 10.1. The maximum Gasteiger partial charge on any atom is 0.0639 e. The number of nitrogens with two attached hydrogens (primary N) is 1. The Kier molecular flexibility index (Phi) is 4.51. The first-order valence-electron chi connectivity index (χ1n) is 6.33. The topological polar surface area (TPSA) is 38.4 Å². The first-order chi connectivity index (χ1) is 9.31. The predicted molar refractivity (Wildman–Crippen MR) is 82.1 cm³/mol. The van der Waals surface area contributed by atoms with Crippen molar-refractivity contribution < 1.29 is 0 Å². The van der Waals surface area contributed by atoms with Crippen molar-refractivity contribution in [2.45, 2.75) is 13.5 Å². The zero-order valence-electron chi connectivity index (χ0n) is 11.1. The number of nitrogens with zero attached hydrogens (tertiary/aromatic N) is 1. The van der Waals surface area contributed by atoms with Crippen LogP contribution in [-0.4, -0.2) is 6.21 Å². The molecule has 0 fully saturated rings. The van der Waals surface area contributed by atoms with Gasteiger partial charge < -0.3 is 5.73 Å². The Balaban J connectivity index is 2.13. The van der Waals surface area contributed by atoms with Crippen molar-refractivity contribution in [3.63, 3.8) is 0 Å². The molecule has 96 valence electrons. The summed E-state index contributed by atoms with van der Waals surface area (Å²) in [5.74, 6) is 0. The van der Waals surface area contributed by atoms with E-state index >= 15 is 0 Å². The van der Waals surface area contributed by atoms with Crippen LogP contribution in [0, 0.1) is 6.92 Å². The Morgan fingerprint density at radius 2 is 1.74 bits per heavy atom. The second kappa shape index (κ2) is 6.55. The van der Waals surface area contributed by atoms with Crippen LogP contribution < -0.4 is 5.73 Å². The highest BCUT2D eigenvalue weighted by Gasteiger charge is 1.98. The van der Waals surface area contributed by atoms with E-state index < -0.39 is 0 Å². The predicted octanol–water partition coefficient (Wildman–Crippen LogP) is 3.54. The number of benzene rings is 2. The van der Waals surface area contributed by atoms with Crippen LogP contribution in [0.3, 0.4) is 0 Å². The average Bonchev–Trinajstić information content (AvgIpc) is 2.44. The smallest absolute Gasteiger partial charge is 0.0639 e. The van der Waals surface area contributed by atoms with Crippen LogP contribution in [0.4, 0.5) is 0 Å². The van der Waals surface area contributed by atoms with Crippen LogP contribution in [0.15, 0.2) is 59.7 Å². The van der Waals surface area contributed by atoms with E-state index in [9.17, 15) is 0 Å². The molecule has 2 aromatic carbocycles. The monoisotopic (exact) mass is 250 g/mol. The molecule has 0 saturated carbocycles. The second-order valence-corrected chi connectivity index (χ2v) is 4.38. The minimum Gasteiger partial charge on any atom is -0.405 e. The quantitative estimate of drug-likeness (QED) is 0.828. The molecule has 0 aliphatic carbocycles. The molecule has 2 heteroatoms. The van der Waals surface area contributed by atoms with Crippen molar-refractivity contribution in [2.24, 2.45) is 10.7 Å². The summed E-state index contributed by atoms with van der Waals surface area (Å²) < 4.78 is 0. The van der Waals surface area contributed by atoms with E-state index in [1.807, 2.05) is 42.6 Å². The van der Waals surface area contributed by atoms with E-state index in [1.54, 1.807) is 6.20 Å². The molecule has 2 rings (SSSR count). The van der Waals surface area contributed by atoms with Crippen LogP contribution in [0.5, 0.6) is 0 Å². The Bertz CT molecular complexity index is 583. The molecular weight excluding hydrogens is 232 g/mol.